The van der Waals surface area contributed by atoms with Crippen molar-refractivity contribution in [3.63, 3.8) is 0 Å². The largest absolute Gasteiger partial charge is 0.506 e. The second-order valence-corrected chi connectivity index (χ2v) is 18.1. The fraction of sp³-hybridized carbons (Fsp3) is 0.172. The predicted molar refractivity (Wildman–Crippen MR) is 260 cm³/mol. The van der Waals surface area contributed by atoms with Crippen LogP contribution in [0.4, 0.5) is 17.1 Å². The number of hydrogen-bond donors (Lipinski definition) is 4. The number of aryl methyl sites for hydroxylation is 4. The molecule has 0 saturated heterocycles. The van der Waals surface area contributed by atoms with Gasteiger partial charge in [0.25, 0.3) is 0 Å². The van der Waals surface area contributed by atoms with Gasteiger partial charge < -0.3 is 21.1 Å². The van der Waals surface area contributed by atoms with Crippen molar-refractivity contribution in [2.75, 3.05) is 16.0 Å². The summed E-state index contributed by atoms with van der Waals surface area (Å²) in [5.74, 6) is -0.209. The van der Waals surface area contributed by atoms with Crippen molar-refractivity contribution in [3.05, 3.63) is 200 Å². The third-order valence-corrected chi connectivity index (χ3v) is 14.9. The lowest BCUT2D eigenvalue weighted by Gasteiger charge is -2.41. The Morgan fingerprint density at radius 3 is 1.55 bits per heavy atom. The molecule has 6 heteroatoms. The molecular weight excluding hydrogens is 785 g/mol. The van der Waals surface area contributed by atoms with E-state index >= 15 is 4.79 Å². The van der Waals surface area contributed by atoms with Gasteiger partial charge in [0, 0.05) is 55.2 Å². The maximum absolute atomic E-state index is 15.1. The van der Waals surface area contributed by atoms with E-state index in [0.29, 0.717) is 27.3 Å². The fourth-order valence-electron chi connectivity index (χ4n) is 11.6. The summed E-state index contributed by atoms with van der Waals surface area (Å²) in [7, 11) is 0. The van der Waals surface area contributed by atoms with E-state index in [9.17, 15) is 5.11 Å². The number of nitrogens with one attached hydrogen (secondary N) is 3. The molecule has 0 radical (unpaired) electrons. The summed E-state index contributed by atoms with van der Waals surface area (Å²) in [5.41, 5.74) is 16.6. The SMILES string of the molecule is CCc1ccc2c(c1)-c1cc(CC)ccc1C21N=c2/c(=C3\C(=O)C(c4ccc5cccc6c5c4NC4(N6)c5ccc(CC)cc5-c5cc(CC)ccc54)=C3O)ccc3cccc(c23)N1. The van der Waals surface area contributed by atoms with Crippen LogP contribution in [0.2, 0.25) is 0 Å². The normalized spacial score (nSPS) is 17.0. The van der Waals surface area contributed by atoms with Crippen molar-refractivity contribution in [2.24, 2.45) is 4.99 Å². The molecule has 0 amide bonds. The average molecular weight is 831 g/mol. The van der Waals surface area contributed by atoms with Gasteiger partial charge in [0.15, 0.2) is 11.3 Å². The molecule has 6 nitrogen and oxygen atoms in total. The number of carbonyl (C=O) groups is 1. The van der Waals surface area contributed by atoms with Crippen LogP contribution in [0.25, 0.3) is 54.9 Å². The number of rotatable bonds is 5. The number of hydrogen-bond acceptors (Lipinski definition) is 6. The Kier molecular flexibility index (Phi) is 7.58. The topological polar surface area (TPSA) is 85.8 Å². The molecule has 64 heavy (non-hydrogen) atoms. The molecule has 8 aromatic rings. The minimum Gasteiger partial charge on any atom is -0.506 e. The second-order valence-electron chi connectivity index (χ2n) is 18.1. The highest BCUT2D eigenvalue weighted by Gasteiger charge is 2.49. The van der Waals surface area contributed by atoms with Crippen molar-refractivity contribution in [1.82, 2.24) is 0 Å². The van der Waals surface area contributed by atoms with Gasteiger partial charge in [-0.25, -0.2) is 4.99 Å². The van der Waals surface area contributed by atoms with Gasteiger partial charge in [-0.2, -0.15) is 0 Å². The predicted octanol–water partition coefficient (Wildman–Crippen LogP) is 11.6. The van der Waals surface area contributed by atoms with Gasteiger partial charge in [0.05, 0.1) is 22.2 Å². The Balaban J connectivity index is 1.04. The Labute approximate surface area is 371 Å². The molecule has 0 unspecified atom stereocenters. The van der Waals surface area contributed by atoms with E-state index < -0.39 is 11.3 Å². The van der Waals surface area contributed by atoms with Gasteiger partial charge in [0.1, 0.15) is 5.76 Å². The number of anilines is 3. The van der Waals surface area contributed by atoms with Crippen LogP contribution in [0.3, 0.4) is 0 Å². The van der Waals surface area contributed by atoms with Crippen LogP contribution >= 0.6 is 0 Å². The van der Waals surface area contributed by atoms with Crippen molar-refractivity contribution in [1.29, 1.82) is 0 Å². The highest BCUT2D eigenvalue weighted by atomic mass is 16.3. The fourth-order valence-corrected chi connectivity index (χ4v) is 11.6. The molecule has 0 saturated carbocycles. The lowest BCUT2D eigenvalue weighted by Crippen LogP contribution is -2.45. The van der Waals surface area contributed by atoms with Gasteiger partial charge in [0.2, 0.25) is 5.78 Å². The molecule has 310 valence electrons. The number of fused-ring (bicyclic) bond motifs is 10. The first-order chi connectivity index (χ1) is 31.3. The Morgan fingerprint density at radius 2 is 1.00 bits per heavy atom. The van der Waals surface area contributed by atoms with Gasteiger partial charge in [-0.15, -0.1) is 0 Å². The Hall–Kier alpha value is -7.44. The van der Waals surface area contributed by atoms with E-state index in [-0.39, 0.29) is 11.5 Å². The average Bonchev–Trinajstić information content (AvgIpc) is 3.73. The number of ketones is 1. The van der Waals surface area contributed by atoms with Crippen molar-refractivity contribution in [3.8, 4) is 22.3 Å². The second kappa shape index (κ2) is 13.1. The molecule has 0 atom stereocenters. The van der Waals surface area contributed by atoms with E-state index in [2.05, 4.69) is 159 Å². The highest BCUT2D eigenvalue weighted by Crippen LogP contribution is 2.56. The zero-order valence-corrected chi connectivity index (χ0v) is 36.3. The first kappa shape index (κ1) is 37.1. The van der Waals surface area contributed by atoms with E-state index in [1.54, 1.807) is 0 Å². The third kappa shape index (κ3) is 4.70. The summed E-state index contributed by atoms with van der Waals surface area (Å²) in [5, 5.41) is 29.8. The standard InChI is InChI=1S/C58H46N4O2/c1-5-31-15-23-43-39(27-31)40-28-32(6-2)16-24-44(40)57(43)59-47-13-9-11-35-19-21-37(53(61-57)49(35)47)51-55(63)52(56(51)64)38-22-20-36-12-10-14-48-50(36)54(38)62-58(60-48)45-25-17-33(7-3)29-41(45)42-30-34(8-4)18-26-46(42)58/h9-30,59-61,63H,5-8H2,1-4H3/b52-38-. The van der Waals surface area contributed by atoms with Gasteiger partial charge in [-0.3, -0.25) is 4.79 Å². The van der Waals surface area contributed by atoms with Crippen LogP contribution in [0.1, 0.15) is 77.8 Å². The Bertz CT molecular complexity index is 3530. The van der Waals surface area contributed by atoms with E-state index in [4.69, 9.17) is 4.99 Å². The molecule has 0 aromatic heterocycles. The number of carbonyl (C=O) groups excluding carboxylic acids is 1. The molecule has 13 rings (SSSR count). The molecule has 0 bridgehead atoms. The van der Waals surface area contributed by atoms with Crippen LogP contribution in [0.5, 0.6) is 0 Å². The summed E-state index contributed by atoms with van der Waals surface area (Å²) in [6.07, 6.45) is 3.75. The lowest BCUT2D eigenvalue weighted by molar-refractivity contribution is -0.109. The quantitative estimate of drug-likeness (QED) is 0.139. The van der Waals surface area contributed by atoms with Gasteiger partial charge >= 0.3 is 0 Å². The zero-order chi connectivity index (χ0) is 43.2. The number of allylic oxidation sites excluding steroid dienone is 2. The number of nitrogens with zero attached hydrogens (tertiary/aromatic N) is 1. The number of Topliss-reactive ketones (excluding diaryl/α,β-unsaturated/α-hetero) is 1. The first-order valence-corrected chi connectivity index (χ1v) is 22.9. The summed E-state index contributed by atoms with van der Waals surface area (Å²) in [6, 6.07) is 47.8. The third-order valence-electron chi connectivity index (χ3n) is 14.9. The van der Waals surface area contributed by atoms with Crippen LogP contribution in [-0.4, -0.2) is 10.9 Å². The number of aliphatic hydroxyl groups is 1. The molecule has 4 N–H and O–H groups in total. The van der Waals surface area contributed by atoms with Crippen molar-refractivity contribution < 1.29 is 9.90 Å². The van der Waals surface area contributed by atoms with Crippen LogP contribution < -0.4 is 26.5 Å². The maximum atomic E-state index is 15.1. The van der Waals surface area contributed by atoms with Crippen molar-refractivity contribution in [2.45, 2.75) is 64.7 Å². The smallest absolute Gasteiger partial charge is 0.201 e. The summed E-state index contributed by atoms with van der Waals surface area (Å²) in [6.45, 7) is 8.78. The Morgan fingerprint density at radius 1 is 0.500 bits per heavy atom. The van der Waals surface area contributed by atoms with E-state index in [1.807, 2.05) is 18.2 Å². The van der Waals surface area contributed by atoms with Gasteiger partial charge in [-0.05, 0) is 93.1 Å². The summed E-state index contributed by atoms with van der Waals surface area (Å²) in [4.78, 5) is 20.9. The lowest BCUT2D eigenvalue weighted by atomic mass is 9.79. The first-order valence-electron chi connectivity index (χ1n) is 22.9. The number of aliphatic hydroxyl groups excluding tert-OH is 1. The number of benzene rings is 8. The minimum absolute atomic E-state index is 0.0110. The maximum Gasteiger partial charge on any atom is 0.201 e. The van der Waals surface area contributed by atoms with Crippen LogP contribution in [0, 0.1) is 0 Å². The molecule has 0 fully saturated rings. The molecule has 8 aromatic carbocycles. The molecule has 2 heterocycles. The molecule has 2 spiro atoms. The van der Waals surface area contributed by atoms with E-state index in [0.717, 1.165) is 86.5 Å². The molecule has 5 aliphatic rings. The highest BCUT2D eigenvalue weighted by molar-refractivity contribution is 6.52. The zero-order valence-electron chi connectivity index (χ0n) is 36.3. The van der Waals surface area contributed by atoms with Crippen molar-refractivity contribution >= 4 is 55.5 Å². The minimum atomic E-state index is -0.927. The molecule has 3 aliphatic carbocycles. The van der Waals surface area contributed by atoms with E-state index in [1.165, 1.54) is 44.5 Å². The monoisotopic (exact) mass is 830 g/mol. The summed E-state index contributed by atoms with van der Waals surface area (Å²) < 4.78 is 0. The van der Waals surface area contributed by atoms with Gasteiger partial charge in [-0.1, -0.05) is 149 Å². The van der Waals surface area contributed by atoms with Crippen LogP contribution in [-0.2, 0) is 41.8 Å². The molecule has 2 aliphatic heterocycles. The van der Waals surface area contributed by atoms with Crippen LogP contribution in [0.15, 0.2) is 144 Å². The summed E-state index contributed by atoms with van der Waals surface area (Å²) >= 11 is 0. The molecular formula is C58H46N4O2.